The van der Waals surface area contributed by atoms with E-state index in [-0.39, 0.29) is 11.7 Å². The van der Waals surface area contributed by atoms with Crippen molar-refractivity contribution in [3.05, 3.63) is 42.1 Å². The second-order valence-electron chi connectivity index (χ2n) is 3.90. The Balaban J connectivity index is 2.20. The molecule has 5 nitrogen and oxygen atoms in total. The van der Waals surface area contributed by atoms with Crippen molar-refractivity contribution in [1.29, 1.82) is 0 Å². The van der Waals surface area contributed by atoms with E-state index in [1.165, 1.54) is 11.8 Å². The van der Waals surface area contributed by atoms with Crippen molar-refractivity contribution in [3.63, 3.8) is 0 Å². The molecule has 0 atom stereocenters. The van der Waals surface area contributed by atoms with Crippen LogP contribution in [0, 0.1) is 6.92 Å². The summed E-state index contributed by atoms with van der Waals surface area (Å²) >= 11 is 1.25. The molecule has 0 radical (unpaired) electrons. The third-order valence-electron chi connectivity index (χ3n) is 2.55. The highest BCUT2D eigenvalue weighted by molar-refractivity contribution is 7.99. The molecule has 3 N–H and O–H groups in total. The van der Waals surface area contributed by atoms with Crippen molar-refractivity contribution in [3.8, 4) is 11.3 Å². The molecule has 0 saturated carbocycles. The average Bonchev–Trinajstić information content (AvgIpc) is 2.45. The summed E-state index contributed by atoms with van der Waals surface area (Å²) in [4.78, 5) is 19.7. The van der Waals surface area contributed by atoms with Gasteiger partial charge in [-0.3, -0.25) is 10.2 Å². The number of hydrogen-bond donors (Lipinski definition) is 2. The number of rotatable bonds is 4. The summed E-state index contributed by atoms with van der Waals surface area (Å²) in [7, 11) is 0. The van der Waals surface area contributed by atoms with E-state index in [4.69, 9.17) is 5.84 Å². The Morgan fingerprint density at radius 2 is 2.16 bits per heavy atom. The summed E-state index contributed by atoms with van der Waals surface area (Å²) in [6, 6.07) is 9.86. The zero-order chi connectivity index (χ0) is 13.7. The van der Waals surface area contributed by atoms with Crippen LogP contribution in [-0.2, 0) is 4.79 Å². The molecule has 2 rings (SSSR count). The maximum absolute atomic E-state index is 11.1. The van der Waals surface area contributed by atoms with Gasteiger partial charge in [-0.2, -0.15) is 0 Å². The first-order chi connectivity index (χ1) is 9.20. The van der Waals surface area contributed by atoms with E-state index in [0.717, 1.165) is 16.8 Å². The monoisotopic (exact) mass is 274 g/mol. The summed E-state index contributed by atoms with van der Waals surface area (Å²) in [5.74, 6) is 4.97. The minimum atomic E-state index is -0.255. The van der Waals surface area contributed by atoms with Gasteiger partial charge in [0.05, 0.1) is 11.4 Å². The Labute approximate surface area is 115 Å². The number of benzene rings is 1. The normalized spacial score (nSPS) is 10.2. The van der Waals surface area contributed by atoms with Gasteiger partial charge in [-0.15, -0.1) is 0 Å². The van der Waals surface area contributed by atoms with E-state index in [0.29, 0.717) is 5.16 Å². The molecule has 0 aliphatic heterocycles. The number of aryl methyl sites for hydroxylation is 1. The van der Waals surface area contributed by atoms with E-state index in [1.807, 2.05) is 37.3 Å². The quantitative estimate of drug-likeness (QED) is 0.290. The molecule has 1 aromatic carbocycles. The van der Waals surface area contributed by atoms with Gasteiger partial charge in [-0.1, -0.05) is 36.0 Å². The standard InChI is InChI=1S/C13H14N4OS/c1-9-4-2-3-5-10(9)11-6-7-15-13(16-11)19-8-12(18)17-14/h2-7H,8,14H2,1H3,(H,17,18). The Morgan fingerprint density at radius 1 is 1.37 bits per heavy atom. The molecule has 2 aromatic rings. The van der Waals surface area contributed by atoms with Gasteiger partial charge in [0.15, 0.2) is 5.16 Å². The lowest BCUT2D eigenvalue weighted by Crippen LogP contribution is -2.31. The van der Waals surface area contributed by atoms with Crippen LogP contribution in [-0.4, -0.2) is 21.6 Å². The van der Waals surface area contributed by atoms with Crippen LogP contribution in [0.1, 0.15) is 5.56 Å². The summed E-state index contributed by atoms with van der Waals surface area (Å²) in [6.45, 7) is 2.03. The Kier molecular flexibility index (Phi) is 4.48. The largest absolute Gasteiger partial charge is 0.294 e. The molecule has 0 unspecified atom stereocenters. The molecule has 0 spiro atoms. The molecular formula is C13H14N4OS. The van der Waals surface area contributed by atoms with Gasteiger partial charge in [0.25, 0.3) is 0 Å². The van der Waals surface area contributed by atoms with E-state index in [1.54, 1.807) is 6.20 Å². The predicted octanol–water partition coefficient (Wildman–Crippen LogP) is 1.53. The number of hydrazine groups is 1. The second kappa shape index (κ2) is 6.31. The van der Waals surface area contributed by atoms with Crippen LogP contribution in [0.25, 0.3) is 11.3 Å². The molecule has 0 aliphatic rings. The highest BCUT2D eigenvalue weighted by Crippen LogP contribution is 2.22. The lowest BCUT2D eigenvalue weighted by molar-refractivity contribution is -0.118. The molecule has 0 aliphatic carbocycles. The van der Waals surface area contributed by atoms with Crippen LogP contribution in [0.4, 0.5) is 0 Å². The number of aromatic nitrogens is 2. The molecule has 0 fully saturated rings. The van der Waals surface area contributed by atoms with Crippen molar-refractivity contribution in [1.82, 2.24) is 15.4 Å². The number of nitrogens with zero attached hydrogens (tertiary/aromatic N) is 2. The van der Waals surface area contributed by atoms with E-state index >= 15 is 0 Å². The van der Waals surface area contributed by atoms with Crippen molar-refractivity contribution < 1.29 is 4.79 Å². The maximum atomic E-state index is 11.1. The Morgan fingerprint density at radius 3 is 2.89 bits per heavy atom. The van der Waals surface area contributed by atoms with Crippen LogP contribution >= 0.6 is 11.8 Å². The highest BCUT2D eigenvalue weighted by atomic mass is 32.2. The molecule has 0 saturated heterocycles. The third kappa shape index (κ3) is 3.52. The molecule has 1 heterocycles. The predicted molar refractivity (Wildman–Crippen MR) is 75.3 cm³/mol. The van der Waals surface area contributed by atoms with Gasteiger partial charge >= 0.3 is 0 Å². The van der Waals surface area contributed by atoms with Gasteiger partial charge in [-0.05, 0) is 18.6 Å². The van der Waals surface area contributed by atoms with Crippen LogP contribution in [0.3, 0.4) is 0 Å². The van der Waals surface area contributed by atoms with E-state index in [9.17, 15) is 4.79 Å². The molecular weight excluding hydrogens is 260 g/mol. The summed E-state index contributed by atoms with van der Waals surface area (Å²) in [5.41, 5.74) is 5.14. The van der Waals surface area contributed by atoms with Gasteiger partial charge in [-0.25, -0.2) is 15.8 Å². The number of nitrogens with one attached hydrogen (secondary N) is 1. The maximum Gasteiger partial charge on any atom is 0.244 e. The van der Waals surface area contributed by atoms with Crippen LogP contribution in [0.2, 0.25) is 0 Å². The van der Waals surface area contributed by atoms with Gasteiger partial charge in [0, 0.05) is 11.8 Å². The Bertz CT molecular complexity index is 588. The van der Waals surface area contributed by atoms with Gasteiger partial charge in [0.1, 0.15) is 0 Å². The van der Waals surface area contributed by atoms with Gasteiger partial charge in [0.2, 0.25) is 5.91 Å². The minimum Gasteiger partial charge on any atom is -0.294 e. The fourth-order valence-electron chi connectivity index (χ4n) is 1.59. The number of nitrogens with two attached hydrogens (primary N) is 1. The molecule has 0 bridgehead atoms. The minimum absolute atomic E-state index is 0.202. The molecule has 19 heavy (non-hydrogen) atoms. The molecule has 6 heteroatoms. The number of hydrogen-bond acceptors (Lipinski definition) is 5. The SMILES string of the molecule is Cc1ccccc1-c1ccnc(SCC(=O)NN)n1. The van der Waals surface area contributed by atoms with Crippen LogP contribution < -0.4 is 11.3 Å². The Hall–Kier alpha value is -1.92. The number of carbonyl (C=O) groups excluding carboxylic acids is 1. The third-order valence-corrected chi connectivity index (χ3v) is 3.41. The van der Waals surface area contributed by atoms with Crippen LogP contribution in [0.5, 0.6) is 0 Å². The number of amides is 1. The lowest BCUT2D eigenvalue weighted by Gasteiger charge is -2.06. The van der Waals surface area contributed by atoms with Gasteiger partial charge < -0.3 is 0 Å². The highest BCUT2D eigenvalue weighted by Gasteiger charge is 2.06. The summed E-state index contributed by atoms with van der Waals surface area (Å²) < 4.78 is 0. The molecule has 1 amide bonds. The van der Waals surface area contributed by atoms with Crippen molar-refractivity contribution in [2.24, 2.45) is 5.84 Å². The topological polar surface area (TPSA) is 80.9 Å². The first-order valence-corrected chi connectivity index (χ1v) is 6.70. The average molecular weight is 274 g/mol. The number of thioether (sulfide) groups is 1. The summed E-state index contributed by atoms with van der Waals surface area (Å²) in [5, 5.41) is 0.560. The molecule has 98 valence electrons. The first-order valence-electron chi connectivity index (χ1n) is 5.72. The van der Waals surface area contributed by atoms with Crippen LogP contribution in [0.15, 0.2) is 41.7 Å². The number of carbonyl (C=O) groups is 1. The summed E-state index contributed by atoms with van der Waals surface area (Å²) in [6.07, 6.45) is 1.69. The van der Waals surface area contributed by atoms with E-state index in [2.05, 4.69) is 15.4 Å². The lowest BCUT2D eigenvalue weighted by atomic mass is 10.1. The van der Waals surface area contributed by atoms with E-state index < -0.39 is 0 Å². The fourth-order valence-corrected chi connectivity index (χ4v) is 2.23. The smallest absolute Gasteiger partial charge is 0.244 e. The zero-order valence-electron chi connectivity index (χ0n) is 10.5. The molecule has 1 aromatic heterocycles. The van der Waals surface area contributed by atoms with Crippen molar-refractivity contribution >= 4 is 17.7 Å². The van der Waals surface area contributed by atoms with Crippen molar-refractivity contribution in [2.75, 3.05) is 5.75 Å². The first kappa shape index (κ1) is 13.5. The zero-order valence-corrected chi connectivity index (χ0v) is 11.3. The van der Waals surface area contributed by atoms with Crippen molar-refractivity contribution in [2.45, 2.75) is 12.1 Å². The fraction of sp³-hybridized carbons (Fsp3) is 0.154. The second-order valence-corrected chi connectivity index (χ2v) is 4.84.